The van der Waals surface area contributed by atoms with Gasteiger partial charge >= 0.3 is 0 Å². The molecule has 1 fully saturated rings. The van der Waals surface area contributed by atoms with Crippen molar-refractivity contribution in [1.29, 1.82) is 0 Å². The Balaban J connectivity index is 1.78. The number of nitrogens with one attached hydrogen (secondary N) is 1. The molecule has 1 aliphatic rings. The number of hydrogen-bond acceptors (Lipinski definition) is 4. The van der Waals surface area contributed by atoms with E-state index in [9.17, 15) is 0 Å². The Morgan fingerprint density at radius 2 is 1.95 bits per heavy atom. The maximum absolute atomic E-state index is 4.58. The Morgan fingerprint density at radius 3 is 2.53 bits per heavy atom. The molecule has 1 unspecified atom stereocenters. The molecule has 0 aliphatic heterocycles. The van der Waals surface area contributed by atoms with Crippen LogP contribution in [0.1, 0.15) is 50.0 Å². The number of nitrogens with zero attached hydrogens (tertiary/aromatic N) is 2. The van der Waals surface area contributed by atoms with Gasteiger partial charge in [-0.05, 0) is 24.3 Å². The lowest BCUT2D eigenvalue weighted by Crippen LogP contribution is -2.12. The molecule has 1 aromatic heterocycles. The summed E-state index contributed by atoms with van der Waals surface area (Å²) in [6, 6.07) is 11.0. The minimum absolute atomic E-state index is 0.383. The molecule has 19 heavy (non-hydrogen) atoms. The normalized spacial score (nSPS) is 16.6. The average Bonchev–Trinajstić information content (AvgIpc) is 3.15. The van der Waals surface area contributed by atoms with Crippen molar-refractivity contribution in [3.05, 3.63) is 41.7 Å². The molecule has 100 valence electrons. The van der Waals surface area contributed by atoms with Crippen LogP contribution >= 0.6 is 11.5 Å². The van der Waals surface area contributed by atoms with E-state index in [0.29, 0.717) is 12.0 Å². The van der Waals surface area contributed by atoms with E-state index in [-0.39, 0.29) is 0 Å². The molecule has 0 amide bonds. The highest BCUT2D eigenvalue weighted by atomic mass is 32.1. The summed E-state index contributed by atoms with van der Waals surface area (Å²) in [7, 11) is 0. The van der Waals surface area contributed by atoms with Crippen molar-refractivity contribution >= 4 is 16.7 Å². The van der Waals surface area contributed by atoms with Crippen molar-refractivity contribution in [3.8, 4) is 0 Å². The van der Waals surface area contributed by atoms with Crippen molar-refractivity contribution in [2.75, 3.05) is 5.32 Å². The standard InChI is InChI=1S/C15H19N3S/c1-10(2)14-17-15(19-18-14)16-13(12-8-9-12)11-6-4-3-5-7-11/h3-7,10,12-13H,8-9H2,1-2H3,(H,16,17,18). The van der Waals surface area contributed by atoms with Crippen molar-refractivity contribution < 1.29 is 0 Å². The molecular formula is C15H19N3S. The van der Waals surface area contributed by atoms with Crippen LogP contribution < -0.4 is 5.32 Å². The smallest absolute Gasteiger partial charge is 0.203 e. The van der Waals surface area contributed by atoms with Gasteiger partial charge < -0.3 is 5.32 Å². The lowest BCUT2D eigenvalue weighted by Gasteiger charge is -2.17. The maximum Gasteiger partial charge on any atom is 0.203 e. The van der Waals surface area contributed by atoms with E-state index < -0.39 is 0 Å². The molecule has 0 spiro atoms. The van der Waals surface area contributed by atoms with E-state index in [0.717, 1.165) is 16.9 Å². The Kier molecular flexibility index (Phi) is 3.51. The number of benzene rings is 1. The molecule has 1 atom stereocenters. The molecule has 0 bridgehead atoms. The second kappa shape index (κ2) is 5.29. The highest BCUT2D eigenvalue weighted by molar-refractivity contribution is 7.09. The van der Waals surface area contributed by atoms with Gasteiger partial charge in [0.15, 0.2) is 0 Å². The van der Waals surface area contributed by atoms with Crippen molar-refractivity contribution in [2.45, 2.75) is 38.6 Å². The van der Waals surface area contributed by atoms with E-state index in [1.807, 2.05) is 0 Å². The molecule has 3 nitrogen and oxygen atoms in total. The summed E-state index contributed by atoms with van der Waals surface area (Å²) in [5, 5.41) is 4.53. The predicted molar refractivity (Wildman–Crippen MR) is 79.5 cm³/mol. The second-order valence-electron chi connectivity index (χ2n) is 5.48. The van der Waals surface area contributed by atoms with Crippen LogP contribution in [0.2, 0.25) is 0 Å². The Bertz CT molecular complexity index is 531. The van der Waals surface area contributed by atoms with E-state index in [2.05, 4.69) is 58.9 Å². The fraction of sp³-hybridized carbons (Fsp3) is 0.467. The van der Waals surface area contributed by atoms with Crippen LogP contribution in [0.4, 0.5) is 5.13 Å². The van der Waals surface area contributed by atoms with Crippen LogP contribution in [0.15, 0.2) is 30.3 Å². The van der Waals surface area contributed by atoms with E-state index in [4.69, 9.17) is 0 Å². The van der Waals surface area contributed by atoms with Crippen LogP contribution in [0.3, 0.4) is 0 Å². The highest BCUT2D eigenvalue weighted by Crippen LogP contribution is 2.43. The summed E-state index contributed by atoms with van der Waals surface area (Å²) in [5.41, 5.74) is 1.35. The summed E-state index contributed by atoms with van der Waals surface area (Å²) in [6.07, 6.45) is 2.62. The summed E-state index contributed by atoms with van der Waals surface area (Å²) < 4.78 is 4.41. The third kappa shape index (κ3) is 2.95. The van der Waals surface area contributed by atoms with Crippen LogP contribution in [0.5, 0.6) is 0 Å². The molecular weight excluding hydrogens is 254 g/mol. The van der Waals surface area contributed by atoms with Crippen LogP contribution in [0, 0.1) is 5.92 Å². The minimum atomic E-state index is 0.383. The number of anilines is 1. The first-order chi connectivity index (χ1) is 9.24. The third-order valence-corrected chi connectivity index (χ3v) is 4.15. The largest absolute Gasteiger partial charge is 0.353 e. The molecule has 1 aromatic carbocycles. The summed E-state index contributed by atoms with van der Waals surface area (Å²) in [6.45, 7) is 4.25. The molecule has 3 rings (SSSR count). The first-order valence-electron chi connectivity index (χ1n) is 6.89. The number of rotatable bonds is 5. The van der Waals surface area contributed by atoms with Crippen molar-refractivity contribution in [3.63, 3.8) is 0 Å². The molecule has 1 N–H and O–H groups in total. The lowest BCUT2D eigenvalue weighted by atomic mass is 10.0. The predicted octanol–water partition coefficient (Wildman–Crippen LogP) is 4.22. The van der Waals surface area contributed by atoms with Gasteiger partial charge in [0.1, 0.15) is 5.82 Å². The van der Waals surface area contributed by atoms with Crippen molar-refractivity contribution in [1.82, 2.24) is 9.36 Å². The molecule has 2 aromatic rings. The first kappa shape index (κ1) is 12.6. The van der Waals surface area contributed by atoms with Gasteiger partial charge in [-0.2, -0.15) is 4.37 Å². The Morgan fingerprint density at radius 1 is 1.21 bits per heavy atom. The van der Waals surface area contributed by atoms with Gasteiger partial charge in [-0.3, -0.25) is 0 Å². The average molecular weight is 273 g/mol. The second-order valence-corrected chi connectivity index (χ2v) is 6.23. The van der Waals surface area contributed by atoms with Crippen LogP contribution in [-0.2, 0) is 0 Å². The van der Waals surface area contributed by atoms with E-state index in [1.54, 1.807) is 0 Å². The minimum Gasteiger partial charge on any atom is -0.353 e. The van der Waals surface area contributed by atoms with Gasteiger partial charge in [-0.1, -0.05) is 44.2 Å². The zero-order valence-corrected chi connectivity index (χ0v) is 12.2. The zero-order chi connectivity index (χ0) is 13.2. The molecule has 1 aliphatic carbocycles. The van der Waals surface area contributed by atoms with Gasteiger partial charge in [-0.25, -0.2) is 4.98 Å². The number of hydrogen-bond donors (Lipinski definition) is 1. The maximum atomic E-state index is 4.58. The Hall–Kier alpha value is -1.42. The first-order valence-corrected chi connectivity index (χ1v) is 7.66. The SMILES string of the molecule is CC(C)c1nsc(NC(c2ccccc2)C2CC2)n1. The van der Waals surface area contributed by atoms with Crippen LogP contribution in [-0.4, -0.2) is 9.36 Å². The quantitative estimate of drug-likeness (QED) is 0.886. The fourth-order valence-electron chi connectivity index (χ4n) is 2.22. The molecule has 0 saturated heterocycles. The fourth-order valence-corrected chi connectivity index (χ4v) is 2.97. The molecule has 0 radical (unpaired) electrons. The molecule has 4 heteroatoms. The van der Waals surface area contributed by atoms with Gasteiger partial charge in [0, 0.05) is 17.5 Å². The summed E-state index contributed by atoms with van der Waals surface area (Å²) in [4.78, 5) is 4.58. The van der Waals surface area contributed by atoms with Gasteiger partial charge in [0.25, 0.3) is 0 Å². The zero-order valence-electron chi connectivity index (χ0n) is 11.3. The van der Waals surface area contributed by atoms with E-state index in [1.165, 1.54) is 29.9 Å². The summed E-state index contributed by atoms with van der Waals surface area (Å²) >= 11 is 1.47. The molecule has 1 saturated carbocycles. The van der Waals surface area contributed by atoms with Crippen molar-refractivity contribution in [2.24, 2.45) is 5.92 Å². The van der Waals surface area contributed by atoms with Gasteiger partial charge in [0.2, 0.25) is 5.13 Å². The lowest BCUT2D eigenvalue weighted by molar-refractivity contribution is 0.676. The number of aromatic nitrogens is 2. The summed E-state index contributed by atoms with van der Waals surface area (Å²) in [5.74, 6) is 2.08. The Labute approximate surface area is 118 Å². The van der Waals surface area contributed by atoms with Crippen LogP contribution in [0.25, 0.3) is 0 Å². The van der Waals surface area contributed by atoms with Gasteiger partial charge in [0.05, 0.1) is 6.04 Å². The van der Waals surface area contributed by atoms with Gasteiger partial charge in [-0.15, -0.1) is 0 Å². The monoisotopic (exact) mass is 273 g/mol. The molecule has 1 heterocycles. The van der Waals surface area contributed by atoms with E-state index >= 15 is 0 Å². The highest BCUT2D eigenvalue weighted by Gasteiger charge is 2.32. The topological polar surface area (TPSA) is 37.8 Å². The third-order valence-electron chi connectivity index (χ3n) is 3.49.